The molecule has 3 rings (SSSR count). The van der Waals surface area contributed by atoms with E-state index in [4.69, 9.17) is 10.5 Å². The standard InChI is InChI=1S/C15H25N7O3/c16-13-12(22(23)24)14(21-5-2-1-3-6-21)19-15(18-13)17-4-7-20-8-10-25-11-9-20/h1-11H2,(H3,16,17,18,19). The molecule has 0 aliphatic carbocycles. The fourth-order valence-corrected chi connectivity index (χ4v) is 3.19. The van der Waals surface area contributed by atoms with E-state index < -0.39 is 4.92 Å². The van der Waals surface area contributed by atoms with Crippen molar-refractivity contribution in [1.82, 2.24) is 14.9 Å². The topological polar surface area (TPSA) is 123 Å². The summed E-state index contributed by atoms with van der Waals surface area (Å²) in [5.41, 5.74) is 5.66. The third kappa shape index (κ3) is 4.45. The number of nitrogens with two attached hydrogens (primary N) is 1. The van der Waals surface area contributed by atoms with Crippen LogP contribution in [0.2, 0.25) is 0 Å². The highest BCUT2D eigenvalue weighted by Crippen LogP contribution is 2.33. The smallest absolute Gasteiger partial charge is 0.353 e. The highest BCUT2D eigenvalue weighted by molar-refractivity contribution is 5.71. The first-order chi connectivity index (χ1) is 12.1. The fourth-order valence-electron chi connectivity index (χ4n) is 3.19. The summed E-state index contributed by atoms with van der Waals surface area (Å²) in [5.74, 6) is 0.581. The van der Waals surface area contributed by atoms with Gasteiger partial charge in [0, 0.05) is 39.3 Å². The summed E-state index contributed by atoms with van der Waals surface area (Å²) < 4.78 is 5.33. The molecule has 0 spiro atoms. The Kier molecular flexibility index (Phi) is 5.82. The average Bonchev–Trinajstić information content (AvgIpc) is 2.62. The lowest BCUT2D eigenvalue weighted by atomic mass is 10.1. The Balaban J connectivity index is 1.70. The SMILES string of the molecule is Nc1nc(NCCN2CCOCC2)nc(N2CCCCC2)c1[N+](=O)[O-]. The number of nitrogens with one attached hydrogen (secondary N) is 1. The van der Waals surface area contributed by atoms with E-state index in [1.165, 1.54) is 0 Å². The van der Waals surface area contributed by atoms with Gasteiger partial charge in [-0.2, -0.15) is 9.97 Å². The lowest BCUT2D eigenvalue weighted by Crippen LogP contribution is -2.39. The highest BCUT2D eigenvalue weighted by Gasteiger charge is 2.28. The summed E-state index contributed by atoms with van der Waals surface area (Å²) in [6, 6.07) is 0. The van der Waals surface area contributed by atoms with Gasteiger partial charge in [0.15, 0.2) is 0 Å². The van der Waals surface area contributed by atoms with E-state index in [1.54, 1.807) is 0 Å². The van der Waals surface area contributed by atoms with Crippen molar-refractivity contribution in [2.24, 2.45) is 0 Å². The predicted octanol–water partition coefficient (Wildman–Crippen LogP) is 0.701. The zero-order valence-electron chi connectivity index (χ0n) is 14.3. The molecule has 2 saturated heterocycles. The van der Waals surface area contributed by atoms with Crippen LogP contribution in [0.25, 0.3) is 0 Å². The number of ether oxygens (including phenoxy) is 1. The minimum Gasteiger partial charge on any atom is -0.379 e. The van der Waals surface area contributed by atoms with Gasteiger partial charge in [0.05, 0.1) is 18.1 Å². The largest absolute Gasteiger partial charge is 0.379 e. The number of hydrogen-bond acceptors (Lipinski definition) is 9. The van der Waals surface area contributed by atoms with Crippen molar-refractivity contribution in [3.05, 3.63) is 10.1 Å². The molecular weight excluding hydrogens is 326 g/mol. The van der Waals surface area contributed by atoms with Crippen LogP contribution in [0.1, 0.15) is 19.3 Å². The van der Waals surface area contributed by atoms with Crippen molar-refractivity contribution >= 4 is 23.3 Å². The van der Waals surface area contributed by atoms with Crippen molar-refractivity contribution in [3.8, 4) is 0 Å². The van der Waals surface area contributed by atoms with Gasteiger partial charge in [0.1, 0.15) is 0 Å². The molecule has 2 aliphatic rings. The van der Waals surface area contributed by atoms with E-state index in [9.17, 15) is 10.1 Å². The van der Waals surface area contributed by atoms with Crippen molar-refractivity contribution in [3.63, 3.8) is 0 Å². The molecule has 10 nitrogen and oxygen atoms in total. The minimum atomic E-state index is -0.489. The number of hydrogen-bond donors (Lipinski definition) is 2. The molecule has 2 fully saturated rings. The van der Waals surface area contributed by atoms with Gasteiger partial charge in [-0.1, -0.05) is 0 Å². The highest BCUT2D eigenvalue weighted by atomic mass is 16.6. The number of nitrogens with zero attached hydrogens (tertiary/aromatic N) is 5. The van der Waals surface area contributed by atoms with Gasteiger partial charge in [0.2, 0.25) is 17.6 Å². The van der Waals surface area contributed by atoms with Gasteiger partial charge in [0.25, 0.3) is 0 Å². The third-order valence-corrected chi connectivity index (χ3v) is 4.55. The van der Waals surface area contributed by atoms with E-state index in [0.717, 1.165) is 65.2 Å². The van der Waals surface area contributed by atoms with Crippen LogP contribution >= 0.6 is 0 Å². The molecule has 0 aromatic carbocycles. The Morgan fingerprint density at radius 3 is 2.56 bits per heavy atom. The molecule has 1 aromatic rings. The molecule has 1 aromatic heterocycles. The Morgan fingerprint density at radius 2 is 1.88 bits per heavy atom. The third-order valence-electron chi connectivity index (χ3n) is 4.55. The number of nitro groups is 1. The predicted molar refractivity (Wildman–Crippen MR) is 94.9 cm³/mol. The molecule has 10 heteroatoms. The van der Waals surface area contributed by atoms with Crippen LogP contribution in [-0.2, 0) is 4.74 Å². The molecule has 0 amide bonds. The fraction of sp³-hybridized carbons (Fsp3) is 0.733. The van der Waals surface area contributed by atoms with Gasteiger partial charge < -0.3 is 20.7 Å². The van der Waals surface area contributed by atoms with Crippen molar-refractivity contribution in [1.29, 1.82) is 0 Å². The van der Waals surface area contributed by atoms with Gasteiger partial charge in [-0.05, 0) is 19.3 Å². The number of nitrogen functional groups attached to an aromatic ring is 1. The molecule has 0 bridgehead atoms. The van der Waals surface area contributed by atoms with Gasteiger partial charge in [-0.3, -0.25) is 15.0 Å². The lowest BCUT2D eigenvalue weighted by molar-refractivity contribution is -0.383. The van der Waals surface area contributed by atoms with E-state index in [2.05, 4.69) is 20.2 Å². The van der Waals surface area contributed by atoms with Crippen molar-refractivity contribution in [2.45, 2.75) is 19.3 Å². The molecule has 2 aliphatic heterocycles. The Morgan fingerprint density at radius 1 is 1.16 bits per heavy atom. The van der Waals surface area contributed by atoms with Crippen LogP contribution < -0.4 is 16.0 Å². The van der Waals surface area contributed by atoms with E-state index in [0.29, 0.717) is 18.3 Å². The van der Waals surface area contributed by atoms with Gasteiger partial charge >= 0.3 is 5.69 Å². The molecule has 0 saturated carbocycles. The molecular formula is C15H25N7O3. The second kappa shape index (κ2) is 8.26. The maximum absolute atomic E-state index is 11.4. The molecule has 3 heterocycles. The second-order valence-corrected chi connectivity index (χ2v) is 6.29. The monoisotopic (exact) mass is 351 g/mol. The summed E-state index contributed by atoms with van der Waals surface area (Å²) >= 11 is 0. The summed E-state index contributed by atoms with van der Waals surface area (Å²) in [7, 11) is 0. The lowest BCUT2D eigenvalue weighted by Gasteiger charge is -2.28. The van der Waals surface area contributed by atoms with Crippen LogP contribution in [0.3, 0.4) is 0 Å². The summed E-state index contributed by atoms with van der Waals surface area (Å²) in [4.78, 5) is 23.6. The maximum Gasteiger partial charge on any atom is 0.353 e. The van der Waals surface area contributed by atoms with Crippen molar-refractivity contribution < 1.29 is 9.66 Å². The Hall–Kier alpha value is -2.20. The molecule has 25 heavy (non-hydrogen) atoms. The van der Waals surface area contributed by atoms with Gasteiger partial charge in [-0.15, -0.1) is 0 Å². The minimum absolute atomic E-state index is 0.0885. The Bertz CT molecular complexity index is 601. The molecule has 3 N–H and O–H groups in total. The molecule has 138 valence electrons. The first kappa shape index (κ1) is 17.6. The van der Waals surface area contributed by atoms with E-state index in [-0.39, 0.29) is 11.5 Å². The zero-order chi connectivity index (χ0) is 17.6. The summed E-state index contributed by atoms with van der Waals surface area (Å²) in [6.07, 6.45) is 3.14. The first-order valence-corrected chi connectivity index (χ1v) is 8.76. The van der Waals surface area contributed by atoms with Crippen molar-refractivity contribution in [2.75, 3.05) is 68.4 Å². The van der Waals surface area contributed by atoms with E-state index >= 15 is 0 Å². The summed E-state index contributed by atoms with van der Waals surface area (Å²) in [6.45, 7) is 6.31. The number of aromatic nitrogens is 2. The van der Waals surface area contributed by atoms with Crippen LogP contribution in [0.5, 0.6) is 0 Å². The zero-order valence-corrected chi connectivity index (χ0v) is 14.3. The second-order valence-electron chi connectivity index (χ2n) is 6.29. The number of morpholine rings is 1. The molecule has 0 atom stereocenters. The van der Waals surface area contributed by atoms with Crippen LogP contribution in [-0.4, -0.2) is 72.3 Å². The number of anilines is 3. The quantitative estimate of drug-likeness (QED) is 0.563. The molecule has 0 unspecified atom stereocenters. The Labute approximate surface area is 146 Å². The summed E-state index contributed by atoms with van der Waals surface area (Å²) in [5, 5.41) is 14.5. The van der Waals surface area contributed by atoms with Crippen LogP contribution in [0.4, 0.5) is 23.3 Å². The first-order valence-electron chi connectivity index (χ1n) is 8.76. The van der Waals surface area contributed by atoms with Gasteiger partial charge in [-0.25, -0.2) is 0 Å². The van der Waals surface area contributed by atoms with Crippen LogP contribution in [0.15, 0.2) is 0 Å². The normalized spacial score (nSPS) is 19.0. The number of piperidine rings is 1. The van der Waals surface area contributed by atoms with Crippen LogP contribution in [0, 0.1) is 10.1 Å². The number of rotatable bonds is 6. The average molecular weight is 351 g/mol. The van der Waals surface area contributed by atoms with E-state index in [1.807, 2.05) is 4.90 Å². The molecule has 0 radical (unpaired) electrons. The maximum atomic E-state index is 11.4.